The van der Waals surface area contributed by atoms with Gasteiger partial charge in [0.15, 0.2) is 0 Å². The minimum absolute atomic E-state index is 0.171. The van der Waals surface area contributed by atoms with Crippen molar-refractivity contribution in [2.75, 3.05) is 6.61 Å². The third-order valence-corrected chi connectivity index (χ3v) is 2.77. The zero-order chi connectivity index (χ0) is 13.5. The molecule has 0 amide bonds. The molecule has 0 aliphatic rings. The quantitative estimate of drug-likeness (QED) is 0.763. The van der Waals surface area contributed by atoms with E-state index in [2.05, 4.69) is 22.1 Å². The van der Waals surface area contributed by atoms with Gasteiger partial charge in [-0.05, 0) is 12.1 Å². The van der Waals surface area contributed by atoms with E-state index in [0.29, 0.717) is 6.42 Å². The molecular formula is C15H17N3O. The Morgan fingerprint density at radius 2 is 1.84 bits per heavy atom. The van der Waals surface area contributed by atoms with Gasteiger partial charge in [0.2, 0.25) is 0 Å². The molecule has 0 fully saturated rings. The summed E-state index contributed by atoms with van der Waals surface area (Å²) in [5.41, 5.74) is 1.06. The van der Waals surface area contributed by atoms with Crippen molar-refractivity contribution in [2.45, 2.75) is 6.42 Å². The van der Waals surface area contributed by atoms with Gasteiger partial charge in [-0.25, -0.2) is 4.98 Å². The average molecular weight is 255 g/mol. The molecule has 19 heavy (non-hydrogen) atoms. The van der Waals surface area contributed by atoms with E-state index in [9.17, 15) is 0 Å². The summed E-state index contributed by atoms with van der Waals surface area (Å²) in [7, 11) is 1.91. The van der Waals surface area contributed by atoms with E-state index in [1.165, 1.54) is 5.39 Å². The summed E-state index contributed by atoms with van der Waals surface area (Å²) in [4.78, 5) is 8.19. The smallest absolute Gasteiger partial charge is 0.110 e. The number of nitrogens with zero attached hydrogens (tertiary/aromatic N) is 3. The third kappa shape index (κ3) is 3.63. The second-order valence-electron chi connectivity index (χ2n) is 4.12. The van der Waals surface area contributed by atoms with Gasteiger partial charge >= 0.3 is 0 Å². The second-order valence-corrected chi connectivity index (χ2v) is 4.12. The van der Waals surface area contributed by atoms with Gasteiger partial charge in [0.1, 0.15) is 5.82 Å². The lowest BCUT2D eigenvalue weighted by atomic mass is 10.2. The normalized spacial score (nSPS) is 10.0. The third-order valence-electron chi connectivity index (χ3n) is 2.77. The molecule has 0 atom stereocenters. The number of hydrogen-bond donors (Lipinski definition) is 1. The van der Waals surface area contributed by atoms with Crippen LogP contribution < -0.4 is 0 Å². The minimum Gasteiger partial charge on any atom is -0.396 e. The lowest BCUT2D eigenvalue weighted by molar-refractivity contribution is 0.295. The molecule has 1 aromatic carbocycles. The molecule has 2 aromatic heterocycles. The van der Waals surface area contributed by atoms with E-state index in [4.69, 9.17) is 5.11 Å². The maximum absolute atomic E-state index is 8.51. The maximum atomic E-state index is 8.51. The monoisotopic (exact) mass is 255 g/mol. The predicted molar refractivity (Wildman–Crippen MR) is 75.7 cm³/mol. The molecule has 0 unspecified atom stereocenters. The van der Waals surface area contributed by atoms with E-state index in [0.717, 1.165) is 11.3 Å². The van der Waals surface area contributed by atoms with E-state index in [-0.39, 0.29) is 6.61 Å². The molecule has 0 bridgehead atoms. The van der Waals surface area contributed by atoms with Crippen LogP contribution in [-0.2, 0) is 13.5 Å². The summed E-state index contributed by atoms with van der Waals surface area (Å²) >= 11 is 0. The number of pyridine rings is 1. The number of para-hydroxylation sites is 1. The molecule has 4 nitrogen and oxygen atoms in total. The first kappa shape index (κ1) is 13.2. The van der Waals surface area contributed by atoms with Crippen molar-refractivity contribution in [3.8, 4) is 0 Å². The van der Waals surface area contributed by atoms with Gasteiger partial charge in [-0.3, -0.25) is 4.98 Å². The summed E-state index contributed by atoms with van der Waals surface area (Å²) < 4.78 is 1.90. The largest absolute Gasteiger partial charge is 0.396 e. The summed E-state index contributed by atoms with van der Waals surface area (Å²) in [6, 6.07) is 12.1. The number of aromatic nitrogens is 3. The van der Waals surface area contributed by atoms with Crippen molar-refractivity contribution >= 4 is 10.9 Å². The van der Waals surface area contributed by atoms with Crippen LogP contribution in [0.1, 0.15) is 5.82 Å². The number of rotatable bonds is 2. The van der Waals surface area contributed by atoms with Crippen LogP contribution in [0.25, 0.3) is 10.9 Å². The molecule has 98 valence electrons. The topological polar surface area (TPSA) is 50.9 Å². The molecule has 0 aliphatic carbocycles. The van der Waals surface area contributed by atoms with Crippen molar-refractivity contribution in [2.24, 2.45) is 7.05 Å². The van der Waals surface area contributed by atoms with Crippen LogP contribution in [0.2, 0.25) is 0 Å². The first-order valence-electron chi connectivity index (χ1n) is 6.18. The Kier molecular flexibility index (Phi) is 4.64. The van der Waals surface area contributed by atoms with E-state index >= 15 is 0 Å². The molecule has 3 rings (SSSR count). The Bertz CT molecular complexity index is 568. The van der Waals surface area contributed by atoms with Crippen molar-refractivity contribution in [1.82, 2.24) is 14.5 Å². The molecular weight excluding hydrogens is 238 g/mol. The lowest BCUT2D eigenvalue weighted by Crippen LogP contribution is -1.99. The lowest BCUT2D eigenvalue weighted by Gasteiger charge is -1.95. The fraction of sp³-hybridized carbons (Fsp3) is 0.200. The van der Waals surface area contributed by atoms with Crippen molar-refractivity contribution in [1.29, 1.82) is 0 Å². The van der Waals surface area contributed by atoms with Crippen LogP contribution in [0.4, 0.5) is 0 Å². The number of hydrogen-bond acceptors (Lipinski definition) is 3. The minimum atomic E-state index is 0.171. The van der Waals surface area contributed by atoms with Gasteiger partial charge in [-0.2, -0.15) is 0 Å². The molecule has 0 radical (unpaired) electrons. The van der Waals surface area contributed by atoms with Crippen molar-refractivity contribution < 1.29 is 5.11 Å². The molecule has 0 saturated carbocycles. The van der Waals surface area contributed by atoms with Gasteiger partial charge in [0.05, 0.1) is 12.1 Å². The Balaban J connectivity index is 0.000000141. The highest BCUT2D eigenvalue weighted by Gasteiger charge is 1.94. The van der Waals surface area contributed by atoms with E-state index in [1.807, 2.05) is 48.3 Å². The standard InChI is InChI=1S/C9H7N.C6H10N2O/c1-2-6-9-8(4-1)5-3-7-10-9;1-8-4-3-7-6(8)2-5-9/h1-7H;3-4,9H,2,5H2,1H3. The van der Waals surface area contributed by atoms with E-state index < -0.39 is 0 Å². The summed E-state index contributed by atoms with van der Waals surface area (Å²) in [6.07, 6.45) is 6.04. The molecule has 4 heteroatoms. The molecule has 3 aromatic rings. The Morgan fingerprint density at radius 1 is 1.05 bits per heavy atom. The van der Waals surface area contributed by atoms with Gasteiger partial charge in [0.25, 0.3) is 0 Å². The average Bonchev–Trinajstić information content (AvgIpc) is 2.86. The first-order chi connectivity index (χ1) is 9.31. The first-order valence-corrected chi connectivity index (χ1v) is 6.18. The number of aliphatic hydroxyl groups excluding tert-OH is 1. The van der Waals surface area contributed by atoms with Gasteiger partial charge in [-0.1, -0.05) is 24.3 Å². The maximum Gasteiger partial charge on any atom is 0.110 e. The van der Waals surface area contributed by atoms with Gasteiger partial charge in [0, 0.05) is 37.4 Å². The van der Waals surface area contributed by atoms with Crippen LogP contribution in [0.5, 0.6) is 0 Å². The second kappa shape index (κ2) is 6.66. The molecule has 0 saturated heterocycles. The van der Waals surface area contributed by atoms with Gasteiger partial charge in [-0.15, -0.1) is 0 Å². The fourth-order valence-corrected chi connectivity index (χ4v) is 1.75. The number of benzene rings is 1. The van der Waals surface area contributed by atoms with Gasteiger partial charge < -0.3 is 9.67 Å². The molecule has 2 heterocycles. The number of aryl methyl sites for hydroxylation is 1. The Morgan fingerprint density at radius 3 is 2.53 bits per heavy atom. The SMILES string of the molecule is Cn1ccnc1CCO.c1ccc2ncccc2c1. The van der Waals surface area contributed by atoms with E-state index in [1.54, 1.807) is 6.20 Å². The number of fused-ring (bicyclic) bond motifs is 1. The highest BCUT2D eigenvalue weighted by atomic mass is 16.3. The molecule has 0 aliphatic heterocycles. The Labute approximate surface area is 112 Å². The van der Waals surface area contributed by atoms with Crippen molar-refractivity contribution in [3.05, 3.63) is 60.8 Å². The number of aliphatic hydroxyl groups is 1. The van der Waals surface area contributed by atoms with Crippen LogP contribution in [0.3, 0.4) is 0 Å². The molecule has 0 spiro atoms. The zero-order valence-electron chi connectivity index (χ0n) is 10.9. The predicted octanol–water partition coefficient (Wildman–Crippen LogP) is 2.19. The zero-order valence-corrected chi connectivity index (χ0v) is 10.9. The highest BCUT2D eigenvalue weighted by Crippen LogP contribution is 2.07. The summed E-state index contributed by atoms with van der Waals surface area (Å²) in [6.45, 7) is 0.171. The summed E-state index contributed by atoms with van der Waals surface area (Å²) in [5, 5.41) is 9.71. The van der Waals surface area contributed by atoms with Crippen LogP contribution in [0, 0.1) is 0 Å². The van der Waals surface area contributed by atoms with Crippen molar-refractivity contribution in [3.63, 3.8) is 0 Å². The fourth-order valence-electron chi connectivity index (χ4n) is 1.75. The van der Waals surface area contributed by atoms with Crippen LogP contribution in [0.15, 0.2) is 55.0 Å². The number of imidazole rings is 1. The highest BCUT2D eigenvalue weighted by molar-refractivity contribution is 5.77. The molecule has 1 N–H and O–H groups in total. The Hall–Kier alpha value is -2.20. The summed E-state index contributed by atoms with van der Waals surface area (Å²) in [5.74, 6) is 0.928. The van der Waals surface area contributed by atoms with Crippen LogP contribution >= 0.6 is 0 Å². The van der Waals surface area contributed by atoms with Crippen LogP contribution in [-0.4, -0.2) is 26.2 Å².